The van der Waals surface area contributed by atoms with Gasteiger partial charge < -0.3 is 15.0 Å². The predicted octanol–water partition coefficient (Wildman–Crippen LogP) is 5.41. The van der Waals surface area contributed by atoms with Gasteiger partial charge >= 0.3 is 0 Å². The van der Waals surface area contributed by atoms with Crippen LogP contribution in [0.1, 0.15) is 40.2 Å². The van der Waals surface area contributed by atoms with Crippen LogP contribution in [0.2, 0.25) is 5.02 Å². The number of halogens is 2. The van der Waals surface area contributed by atoms with E-state index in [1.54, 1.807) is 39.0 Å². The van der Waals surface area contributed by atoms with Gasteiger partial charge in [0, 0.05) is 22.7 Å². The van der Waals surface area contributed by atoms with Crippen molar-refractivity contribution in [1.82, 2.24) is 10.2 Å². The van der Waals surface area contributed by atoms with Crippen molar-refractivity contribution in [3.05, 3.63) is 89.2 Å². The van der Waals surface area contributed by atoms with Gasteiger partial charge in [0.05, 0.1) is 17.2 Å². The Balaban J connectivity index is 2.05. The first-order chi connectivity index (χ1) is 19.2. The Kier molecular flexibility index (Phi) is 10.4. The highest BCUT2D eigenvalue weighted by Gasteiger charge is 2.33. The van der Waals surface area contributed by atoms with Gasteiger partial charge in [-0.1, -0.05) is 29.8 Å². The molecule has 11 heteroatoms. The van der Waals surface area contributed by atoms with Gasteiger partial charge in [-0.05, 0) is 89.2 Å². The fraction of sp³-hybridized carbons (Fsp3) is 0.333. The van der Waals surface area contributed by atoms with Gasteiger partial charge in [-0.15, -0.1) is 0 Å². The van der Waals surface area contributed by atoms with E-state index < -0.39 is 45.8 Å². The first-order valence-corrected chi connectivity index (χ1v) is 14.9. The summed E-state index contributed by atoms with van der Waals surface area (Å²) in [4.78, 5) is 28.2. The van der Waals surface area contributed by atoms with Gasteiger partial charge in [0.15, 0.2) is 0 Å². The number of hydrogen-bond acceptors (Lipinski definition) is 5. The van der Waals surface area contributed by atoms with E-state index in [0.717, 1.165) is 4.31 Å². The van der Waals surface area contributed by atoms with Crippen molar-refractivity contribution in [1.29, 1.82) is 0 Å². The predicted molar refractivity (Wildman–Crippen MR) is 158 cm³/mol. The summed E-state index contributed by atoms with van der Waals surface area (Å²) in [5.74, 6) is -1.18. The molecule has 1 unspecified atom stereocenters. The van der Waals surface area contributed by atoms with E-state index in [4.69, 9.17) is 16.3 Å². The molecule has 0 spiro atoms. The minimum Gasteiger partial charge on any atom is -0.494 e. The molecule has 0 bridgehead atoms. The SMILES string of the molecule is CCOc1ccc(N(CC(=O)N(Cc2ccccc2F)C(C)C(=O)NC(C)(C)C)S(=O)(=O)c2ccc(Cl)cc2)cc1. The van der Waals surface area contributed by atoms with Crippen LogP contribution in [0.15, 0.2) is 77.7 Å². The highest BCUT2D eigenvalue weighted by atomic mass is 35.5. The molecule has 0 fully saturated rings. The Morgan fingerprint density at radius 3 is 2.17 bits per heavy atom. The number of rotatable bonds is 11. The molecule has 3 aromatic rings. The Morgan fingerprint density at radius 2 is 1.61 bits per heavy atom. The highest BCUT2D eigenvalue weighted by Crippen LogP contribution is 2.27. The number of sulfonamides is 1. The largest absolute Gasteiger partial charge is 0.494 e. The summed E-state index contributed by atoms with van der Waals surface area (Å²) in [6.07, 6.45) is 0. The second kappa shape index (κ2) is 13.4. The molecule has 0 aliphatic heterocycles. The molecule has 220 valence electrons. The maximum atomic E-state index is 14.7. The van der Waals surface area contributed by atoms with Crippen molar-refractivity contribution >= 4 is 39.1 Å². The van der Waals surface area contributed by atoms with E-state index in [2.05, 4.69) is 5.32 Å². The summed E-state index contributed by atoms with van der Waals surface area (Å²) in [5.41, 5.74) is -0.205. The second-order valence-corrected chi connectivity index (χ2v) is 12.7. The van der Waals surface area contributed by atoms with Crippen LogP contribution in [0.25, 0.3) is 0 Å². The lowest BCUT2D eigenvalue weighted by atomic mass is 10.1. The molecule has 0 heterocycles. The molecule has 41 heavy (non-hydrogen) atoms. The van der Waals surface area contributed by atoms with Crippen LogP contribution in [0.3, 0.4) is 0 Å². The standard InChI is InChI=1S/C30H35ClFN3O5S/c1-6-40-25-15-13-24(14-16-25)35(41(38,39)26-17-11-23(31)12-18-26)20-28(36)34(19-22-9-7-8-10-27(22)32)21(2)29(37)33-30(3,4)5/h7-18,21H,6,19-20H2,1-5H3,(H,33,37). The molecule has 0 radical (unpaired) electrons. The van der Waals surface area contributed by atoms with Crippen LogP contribution >= 0.6 is 11.6 Å². The number of hydrogen-bond donors (Lipinski definition) is 1. The van der Waals surface area contributed by atoms with Crippen molar-refractivity contribution < 1.29 is 27.1 Å². The molecule has 1 atom stereocenters. The minimum atomic E-state index is -4.27. The summed E-state index contributed by atoms with van der Waals surface area (Å²) >= 11 is 5.98. The van der Waals surface area contributed by atoms with Gasteiger partial charge in [0.2, 0.25) is 11.8 Å². The van der Waals surface area contributed by atoms with Crippen LogP contribution in [-0.2, 0) is 26.2 Å². The van der Waals surface area contributed by atoms with Crippen LogP contribution in [0.4, 0.5) is 10.1 Å². The van der Waals surface area contributed by atoms with E-state index in [9.17, 15) is 22.4 Å². The zero-order chi connectivity index (χ0) is 30.4. The lowest BCUT2D eigenvalue weighted by Gasteiger charge is -2.33. The lowest BCUT2D eigenvalue weighted by molar-refractivity contribution is -0.140. The Morgan fingerprint density at radius 1 is 1.00 bits per heavy atom. The number of nitrogens with one attached hydrogen (secondary N) is 1. The van der Waals surface area contributed by atoms with Gasteiger partial charge in [0.25, 0.3) is 10.0 Å². The van der Waals surface area contributed by atoms with Crippen molar-refractivity contribution in [3.63, 3.8) is 0 Å². The van der Waals surface area contributed by atoms with Crippen LogP contribution < -0.4 is 14.4 Å². The van der Waals surface area contributed by atoms with Crippen molar-refractivity contribution in [2.45, 2.75) is 57.6 Å². The maximum Gasteiger partial charge on any atom is 0.264 e. The number of amides is 2. The Labute approximate surface area is 246 Å². The third kappa shape index (κ3) is 8.43. The molecule has 2 amide bonds. The second-order valence-electron chi connectivity index (χ2n) is 10.4. The molecule has 0 aromatic heterocycles. The first kappa shape index (κ1) is 31.9. The smallest absolute Gasteiger partial charge is 0.264 e. The van der Waals surface area contributed by atoms with E-state index in [-0.39, 0.29) is 22.7 Å². The summed E-state index contributed by atoms with van der Waals surface area (Å²) in [7, 11) is -4.27. The lowest BCUT2D eigenvalue weighted by Crippen LogP contribution is -2.54. The fourth-order valence-electron chi connectivity index (χ4n) is 4.00. The summed E-state index contributed by atoms with van der Waals surface area (Å²) in [5, 5.41) is 3.18. The minimum absolute atomic E-state index is 0.0808. The normalized spacial score (nSPS) is 12.4. The topological polar surface area (TPSA) is 96.0 Å². The quantitative estimate of drug-likeness (QED) is 0.316. The third-order valence-electron chi connectivity index (χ3n) is 6.08. The average molecular weight is 604 g/mol. The van der Waals surface area contributed by atoms with Crippen molar-refractivity contribution in [2.24, 2.45) is 0 Å². The van der Waals surface area contributed by atoms with Gasteiger partial charge in [-0.3, -0.25) is 13.9 Å². The molecule has 0 aliphatic carbocycles. The number of carbonyl (C=O) groups is 2. The number of anilines is 1. The molecule has 1 N–H and O–H groups in total. The maximum absolute atomic E-state index is 14.7. The summed E-state index contributed by atoms with van der Waals surface area (Å²) in [6.45, 7) is 8.26. The van der Waals surface area contributed by atoms with Crippen LogP contribution in [-0.4, -0.2) is 49.9 Å². The van der Waals surface area contributed by atoms with Crippen molar-refractivity contribution in [3.8, 4) is 5.75 Å². The Bertz CT molecular complexity index is 1460. The molecular formula is C30H35ClFN3O5S. The first-order valence-electron chi connectivity index (χ1n) is 13.1. The summed E-state index contributed by atoms with van der Waals surface area (Å²) < 4.78 is 48.8. The highest BCUT2D eigenvalue weighted by molar-refractivity contribution is 7.92. The van der Waals surface area contributed by atoms with Gasteiger partial charge in [-0.2, -0.15) is 0 Å². The third-order valence-corrected chi connectivity index (χ3v) is 8.12. The van der Waals surface area contributed by atoms with E-state index >= 15 is 0 Å². The number of nitrogens with zero attached hydrogens (tertiary/aromatic N) is 2. The fourth-order valence-corrected chi connectivity index (χ4v) is 5.54. The van der Waals surface area contributed by atoms with E-state index in [0.29, 0.717) is 17.4 Å². The van der Waals surface area contributed by atoms with Crippen molar-refractivity contribution in [2.75, 3.05) is 17.5 Å². The molecule has 8 nitrogen and oxygen atoms in total. The molecule has 3 aromatic carbocycles. The zero-order valence-corrected chi connectivity index (χ0v) is 25.3. The molecular weight excluding hydrogens is 569 g/mol. The van der Waals surface area contributed by atoms with Gasteiger partial charge in [0.1, 0.15) is 24.2 Å². The van der Waals surface area contributed by atoms with Crippen LogP contribution in [0.5, 0.6) is 5.75 Å². The Hall–Kier alpha value is -3.63. The molecule has 0 saturated carbocycles. The van der Waals surface area contributed by atoms with E-state index in [1.165, 1.54) is 66.4 Å². The van der Waals surface area contributed by atoms with Crippen LogP contribution in [0, 0.1) is 5.82 Å². The number of ether oxygens (including phenoxy) is 1. The monoisotopic (exact) mass is 603 g/mol. The number of carbonyl (C=O) groups excluding carboxylic acids is 2. The van der Waals surface area contributed by atoms with Gasteiger partial charge in [-0.25, -0.2) is 12.8 Å². The molecule has 0 aliphatic rings. The average Bonchev–Trinajstić information content (AvgIpc) is 2.90. The number of benzene rings is 3. The summed E-state index contributed by atoms with van der Waals surface area (Å²) in [6, 6.07) is 16.7. The zero-order valence-electron chi connectivity index (χ0n) is 23.7. The molecule has 3 rings (SSSR count). The van der Waals surface area contributed by atoms with E-state index in [1.807, 2.05) is 6.92 Å². The molecule has 0 saturated heterocycles.